The van der Waals surface area contributed by atoms with E-state index in [1.54, 1.807) is 32.7 Å². The summed E-state index contributed by atoms with van der Waals surface area (Å²) >= 11 is 3.62. The zero-order valence-electron chi connectivity index (χ0n) is 38.0. The van der Waals surface area contributed by atoms with Gasteiger partial charge in [0.1, 0.15) is 24.8 Å². The molecular formula is C48H56BrFN11O4P. The van der Waals surface area contributed by atoms with Gasteiger partial charge in [-0.25, -0.2) is 9.67 Å². The fourth-order valence-electron chi connectivity index (χ4n) is 9.76. The number of rotatable bonds is 13. The molecule has 3 aliphatic heterocycles. The molecule has 3 aliphatic rings. The van der Waals surface area contributed by atoms with E-state index in [1.165, 1.54) is 15.9 Å². The van der Waals surface area contributed by atoms with Crippen LogP contribution in [0.2, 0.25) is 0 Å². The molecule has 3 fully saturated rings. The number of ether oxygens (including phenoxy) is 1. The maximum absolute atomic E-state index is 14.8. The highest BCUT2D eigenvalue weighted by molar-refractivity contribution is 9.10. The second-order valence-electron chi connectivity index (χ2n) is 17.9. The zero-order chi connectivity index (χ0) is 46.3. The van der Waals surface area contributed by atoms with Crippen molar-refractivity contribution in [2.75, 3.05) is 81.8 Å². The summed E-state index contributed by atoms with van der Waals surface area (Å²) in [6.07, 6.45) is 6.00. The number of piperazine rings is 1. The predicted octanol–water partition coefficient (Wildman–Crippen LogP) is 7.70. The molecule has 18 heteroatoms. The molecule has 2 amide bonds. The average molecular weight is 981 g/mol. The number of benzene rings is 3. The highest BCUT2D eigenvalue weighted by atomic mass is 79.9. The highest BCUT2D eigenvalue weighted by Gasteiger charge is 2.32. The van der Waals surface area contributed by atoms with E-state index in [0.717, 1.165) is 105 Å². The second-order valence-corrected chi connectivity index (χ2v) is 21.9. The van der Waals surface area contributed by atoms with Crippen LogP contribution in [0.1, 0.15) is 55.5 Å². The lowest BCUT2D eigenvalue weighted by Gasteiger charge is -2.43. The number of carbonyl (C=O) groups excluding carboxylic acids is 2. The van der Waals surface area contributed by atoms with Crippen molar-refractivity contribution in [3.05, 3.63) is 88.0 Å². The Kier molecular flexibility index (Phi) is 13.2. The molecule has 3 aromatic heterocycles. The molecule has 9 rings (SSSR count). The first-order valence-corrected chi connectivity index (χ1v) is 26.1. The Morgan fingerprint density at radius 1 is 0.924 bits per heavy atom. The van der Waals surface area contributed by atoms with Crippen LogP contribution in [0, 0.1) is 12.9 Å². The van der Waals surface area contributed by atoms with Gasteiger partial charge in [-0.15, -0.1) is 5.10 Å². The van der Waals surface area contributed by atoms with E-state index in [2.05, 4.69) is 80.7 Å². The Balaban J connectivity index is 0.809. The van der Waals surface area contributed by atoms with Gasteiger partial charge in [-0.05, 0) is 116 Å². The number of aryl methyl sites for hydroxylation is 2. The van der Waals surface area contributed by atoms with E-state index in [1.807, 2.05) is 43.3 Å². The number of anilines is 5. The van der Waals surface area contributed by atoms with E-state index in [-0.39, 0.29) is 12.3 Å². The number of pyridine rings is 1. The molecule has 6 aromatic rings. The van der Waals surface area contributed by atoms with Crippen molar-refractivity contribution in [1.29, 1.82) is 0 Å². The van der Waals surface area contributed by atoms with Crippen LogP contribution in [-0.4, -0.2) is 119 Å². The Morgan fingerprint density at radius 3 is 2.42 bits per heavy atom. The van der Waals surface area contributed by atoms with Crippen molar-refractivity contribution >= 4 is 90.8 Å². The Hall–Kier alpha value is -5.48. The van der Waals surface area contributed by atoms with Gasteiger partial charge in [0.2, 0.25) is 17.8 Å². The summed E-state index contributed by atoms with van der Waals surface area (Å²) in [5.41, 5.74) is 7.20. The molecule has 0 radical (unpaired) electrons. The lowest BCUT2D eigenvalue weighted by molar-refractivity contribution is -0.135. The van der Waals surface area contributed by atoms with Crippen molar-refractivity contribution in [1.82, 2.24) is 39.8 Å². The first kappa shape index (κ1) is 45.7. The molecule has 1 atom stereocenters. The Bertz CT molecular complexity index is 2870. The summed E-state index contributed by atoms with van der Waals surface area (Å²) in [4.78, 5) is 46.0. The van der Waals surface area contributed by atoms with Crippen molar-refractivity contribution in [3.8, 4) is 5.75 Å². The van der Waals surface area contributed by atoms with Crippen molar-refractivity contribution in [2.24, 2.45) is 0 Å². The summed E-state index contributed by atoms with van der Waals surface area (Å²) in [6, 6.07) is 17.5. The topological polar surface area (TPSA) is 163 Å². The van der Waals surface area contributed by atoms with Gasteiger partial charge in [0.15, 0.2) is 0 Å². The monoisotopic (exact) mass is 979 g/mol. The fraction of sp³-hybridized carbons (Fsp3) is 0.417. The van der Waals surface area contributed by atoms with Crippen LogP contribution in [0.5, 0.6) is 5.75 Å². The van der Waals surface area contributed by atoms with Crippen LogP contribution in [0.25, 0.3) is 21.8 Å². The van der Waals surface area contributed by atoms with Crippen molar-refractivity contribution in [3.63, 3.8) is 0 Å². The molecule has 6 heterocycles. The van der Waals surface area contributed by atoms with Crippen LogP contribution in [-0.2, 0) is 27.0 Å². The second kappa shape index (κ2) is 19.0. The fourth-order valence-corrected chi connectivity index (χ4v) is 11.5. The van der Waals surface area contributed by atoms with Gasteiger partial charge in [-0.3, -0.25) is 24.8 Å². The third-order valence-corrected chi connectivity index (χ3v) is 15.4. The van der Waals surface area contributed by atoms with E-state index < -0.39 is 25.0 Å². The summed E-state index contributed by atoms with van der Waals surface area (Å²) < 4.78 is 36.5. The molecule has 15 nitrogen and oxygen atoms in total. The molecular weight excluding hydrogens is 924 g/mol. The number of amides is 2. The number of nitrogens with one attached hydrogen (secondary N) is 3. The number of aromatic nitrogens is 5. The SMILES string of the molecule is CCc1cc(Nc2ncc(Br)c(Nc3ccc4nc(C)ccc4c3P(C)(C)=O)n2)c(OC)cc1N1CCC(N2CCN(CCc3ccc4c(F)nn(C5CCC(=O)NC5=O)c4c3)CC2)CC1. The first-order chi connectivity index (χ1) is 31.8. The molecule has 3 N–H and O–H groups in total. The minimum Gasteiger partial charge on any atom is -0.494 e. The Labute approximate surface area is 392 Å². The molecule has 0 spiro atoms. The maximum Gasteiger partial charge on any atom is 0.251 e. The van der Waals surface area contributed by atoms with Crippen LogP contribution < -0.4 is 30.9 Å². The van der Waals surface area contributed by atoms with Gasteiger partial charge in [0.05, 0.1) is 39.4 Å². The number of halogens is 2. The highest BCUT2D eigenvalue weighted by Crippen LogP contribution is 2.42. The number of fused-ring (bicyclic) bond motifs is 2. The van der Waals surface area contributed by atoms with Gasteiger partial charge in [0, 0.05) is 92.6 Å². The summed E-state index contributed by atoms with van der Waals surface area (Å²) in [6.45, 7) is 14.4. The van der Waals surface area contributed by atoms with E-state index in [4.69, 9.17) is 9.72 Å². The molecule has 346 valence electrons. The Morgan fingerprint density at radius 2 is 1.70 bits per heavy atom. The van der Waals surface area contributed by atoms with Crippen molar-refractivity contribution < 1.29 is 23.3 Å². The van der Waals surface area contributed by atoms with Gasteiger partial charge >= 0.3 is 0 Å². The van der Waals surface area contributed by atoms with Crippen LogP contribution in [0.4, 0.5) is 33.2 Å². The van der Waals surface area contributed by atoms with Gasteiger partial charge < -0.3 is 29.7 Å². The van der Waals surface area contributed by atoms with E-state index >= 15 is 0 Å². The lowest BCUT2D eigenvalue weighted by Crippen LogP contribution is -2.53. The number of piperidine rings is 2. The van der Waals surface area contributed by atoms with E-state index in [0.29, 0.717) is 51.0 Å². The number of methoxy groups -OCH3 is 1. The number of imide groups is 1. The molecule has 3 aromatic carbocycles. The summed E-state index contributed by atoms with van der Waals surface area (Å²) in [5.74, 6) is 0.263. The number of nitrogens with zero attached hydrogens (tertiary/aromatic N) is 8. The van der Waals surface area contributed by atoms with Gasteiger partial charge in [-0.1, -0.05) is 19.1 Å². The molecule has 0 saturated carbocycles. The van der Waals surface area contributed by atoms with E-state index in [9.17, 15) is 18.5 Å². The largest absolute Gasteiger partial charge is 0.494 e. The van der Waals surface area contributed by atoms with Gasteiger partial charge in [-0.2, -0.15) is 9.37 Å². The molecule has 0 aliphatic carbocycles. The molecule has 1 unspecified atom stereocenters. The smallest absolute Gasteiger partial charge is 0.251 e. The number of hydrogen-bond donors (Lipinski definition) is 3. The minimum absolute atomic E-state index is 0.205. The molecule has 3 saturated heterocycles. The van der Waals surface area contributed by atoms with Crippen LogP contribution in [0.3, 0.4) is 0 Å². The first-order valence-electron chi connectivity index (χ1n) is 22.7. The summed E-state index contributed by atoms with van der Waals surface area (Å²) in [5, 5.41) is 15.2. The van der Waals surface area contributed by atoms with Crippen LogP contribution in [0.15, 0.2) is 65.3 Å². The maximum atomic E-state index is 14.8. The van der Waals surface area contributed by atoms with Gasteiger partial charge in [0.25, 0.3) is 5.91 Å². The number of hydrogen-bond acceptors (Lipinski definition) is 13. The lowest BCUT2D eigenvalue weighted by atomic mass is 9.99. The minimum atomic E-state index is -2.73. The third kappa shape index (κ3) is 9.53. The third-order valence-electron chi connectivity index (χ3n) is 13.2. The summed E-state index contributed by atoms with van der Waals surface area (Å²) in [7, 11) is -1.05. The standard InChI is InChI=1S/C48H56BrFN11O4P/c1-6-31-26-38(54-48-51-28-35(49)46(56-48)53-37-12-11-36-33(9-7-29(2)52-36)44(37)66(4,5)64)42(65-3)27-40(31)60-19-16-32(17-20-60)59-23-21-58(22-24-59)18-15-30-8-10-34-41(25-30)61(57-45(34)50)39-13-14-43(62)55-47(39)63/h7-12,25-28,32,39H,6,13-24H2,1-5H3,(H,55,62,63)(H2,51,53,54,56). The predicted molar refractivity (Wildman–Crippen MR) is 262 cm³/mol. The average Bonchev–Trinajstić information content (AvgIpc) is 3.63. The number of carbonyl (C=O) groups is 2. The molecule has 0 bridgehead atoms. The normalized spacial score (nSPS) is 18.0. The quantitative estimate of drug-likeness (QED) is 0.0764. The van der Waals surface area contributed by atoms with Crippen LogP contribution >= 0.6 is 23.1 Å². The van der Waals surface area contributed by atoms with Crippen molar-refractivity contribution in [2.45, 2.75) is 64.5 Å². The molecule has 66 heavy (non-hydrogen) atoms. The zero-order valence-corrected chi connectivity index (χ0v) is 40.5.